The molecular weight excluding hydrogens is 320 g/mol. The third-order valence-electron chi connectivity index (χ3n) is 3.98. The molecule has 5 nitrogen and oxygen atoms in total. The Morgan fingerprint density at radius 3 is 2.58 bits per heavy atom. The molecule has 0 amide bonds. The summed E-state index contributed by atoms with van der Waals surface area (Å²) >= 11 is 1.62. The highest BCUT2D eigenvalue weighted by molar-refractivity contribution is 7.99. The van der Waals surface area contributed by atoms with Gasteiger partial charge < -0.3 is 4.52 Å². The van der Waals surface area contributed by atoms with Gasteiger partial charge in [0.2, 0.25) is 5.89 Å². The van der Waals surface area contributed by atoms with Gasteiger partial charge in [0.1, 0.15) is 0 Å². The maximum atomic E-state index is 5.40. The minimum absolute atomic E-state index is 0.0395. The van der Waals surface area contributed by atoms with Crippen molar-refractivity contribution < 1.29 is 4.52 Å². The molecule has 1 aromatic carbocycles. The Labute approximate surface area is 146 Å². The van der Waals surface area contributed by atoms with Crippen molar-refractivity contribution in [2.45, 2.75) is 50.9 Å². The molecule has 24 heavy (non-hydrogen) atoms. The summed E-state index contributed by atoms with van der Waals surface area (Å²) in [5.41, 5.74) is 3.66. The van der Waals surface area contributed by atoms with E-state index in [0.717, 1.165) is 16.7 Å². The summed E-state index contributed by atoms with van der Waals surface area (Å²) < 4.78 is 7.49. The lowest BCUT2D eigenvalue weighted by Gasteiger charge is -2.11. The molecule has 2 aromatic heterocycles. The van der Waals surface area contributed by atoms with E-state index in [1.54, 1.807) is 11.8 Å². The molecule has 0 radical (unpaired) electrons. The molecule has 6 heteroatoms. The van der Waals surface area contributed by atoms with Crippen LogP contribution in [0.5, 0.6) is 0 Å². The lowest BCUT2D eigenvalue weighted by molar-refractivity contribution is 0.373. The van der Waals surface area contributed by atoms with Crippen molar-refractivity contribution in [1.82, 2.24) is 19.7 Å². The van der Waals surface area contributed by atoms with Crippen LogP contribution in [0.15, 0.2) is 40.3 Å². The highest BCUT2D eigenvalue weighted by Crippen LogP contribution is 2.34. The summed E-state index contributed by atoms with van der Waals surface area (Å²) in [7, 11) is 0. The van der Waals surface area contributed by atoms with Crippen molar-refractivity contribution in [2.75, 3.05) is 0 Å². The molecule has 0 spiro atoms. The minimum Gasteiger partial charge on any atom is -0.338 e. The Bertz CT molecular complexity index is 837. The van der Waals surface area contributed by atoms with E-state index in [4.69, 9.17) is 4.52 Å². The quantitative estimate of drug-likeness (QED) is 0.620. The summed E-state index contributed by atoms with van der Waals surface area (Å²) in [5, 5.41) is 4.99. The van der Waals surface area contributed by atoms with E-state index >= 15 is 0 Å². The van der Waals surface area contributed by atoms with Crippen LogP contribution in [0.25, 0.3) is 5.69 Å². The van der Waals surface area contributed by atoms with E-state index in [1.165, 1.54) is 11.1 Å². The van der Waals surface area contributed by atoms with Crippen molar-refractivity contribution in [2.24, 2.45) is 0 Å². The first-order chi connectivity index (χ1) is 11.5. The van der Waals surface area contributed by atoms with Gasteiger partial charge in [0.05, 0.1) is 5.25 Å². The van der Waals surface area contributed by atoms with E-state index in [0.29, 0.717) is 5.89 Å². The van der Waals surface area contributed by atoms with Gasteiger partial charge in [-0.05, 0) is 44.0 Å². The molecule has 3 aromatic rings. The van der Waals surface area contributed by atoms with Gasteiger partial charge in [0, 0.05) is 24.0 Å². The van der Waals surface area contributed by atoms with E-state index in [2.05, 4.69) is 72.5 Å². The van der Waals surface area contributed by atoms with E-state index in [-0.39, 0.29) is 11.2 Å². The molecule has 0 bridgehead atoms. The average molecular weight is 342 g/mol. The van der Waals surface area contributed by atoms with Crippen molar-refractivity contribution in [3.63, 3.8) is 0 Å². The average Bonchev–Trinajstić information content (AvgIpc) is 3.19. The SMILES string of the molecule is Cc1ccc(-n2ccnc2SC(C)c2nc(C(C)C)no2)cc1C. The van der Waals surface area contributed by atoms with Crippen LogP contribution in [0.2, 0.25) is 0 Å². The normalized spacial score (nSPS) is 12.8. The molecule has 0 aliphatic heterocycles. The maximum absolute atomic E-state index is 5.40. The van der Waals surface area contributed by atoms with Gasteiger partial charge in [-0.3, -0.25) is 4.57 Å². The third-order valence-corrected chi connectivity index (χ3v) is 5.05. The number of imidazole rings is 1. The molecule has 0 N–H and O–H groups in total. The molecule has 1 atom stereocenters. The van der Waals surface area contributed by atoms with Gasteiger partial charge in [-0.2, -0.15) is 4.98 Å². The molecule has 126 valence electrons. The fraction of sp³-hybridized carbons (Fsp3) is 0.389. The Hall–Kier alpha value is -2.08. The zero-order valence-corrected chi connectivity index (χ0v) is 15.5. The second-order valence-corrected chi connectivity index (χ2v) is 7.56. The molecule has 0 saturated heterocycles. The molecule has 1 unspecified atom stereocenters. The summed E-state index contributed by atoms with van der Waals surface area (Å²) in [4.78, 5) is 8.97. The van der Waals surface area contributed by atoms with E-state index in [1.807, 2.05) is 12.4 Å². The zero-order chi connectivity index (χ0) is 17.3. The van der Waals surface area contributed by atoms with Gasteiger partial charge in [0.25, 0.3) is 0 Å². The molecule has 0 fully saturated rings. The van der Waals surface area contributed by atoms with Crippen molar-refractivity contribution >= 4 is 11.8 Å². The Balaban J connectivity index is 1.83. The van der Waals surface area contributed by atoms with Gasteiger partial charge in [-0.25, -0.2) is 4.98 Å². The number of aryl methyl sites for hydroxylation is 2. The molecule has 0 saturated carbocycles. The zero-order valence-electron chi connectivity index (χ0n) is 14.6. The van der Waals surface area contributed by atoms with E-state index < -0.39 is 0 Å². The number of nitrogens with zero attached hydrogens (tertiary/aromatic N) is 4. The van der Waals surface area contributed by atoms with Crippen molar-refractivity contribution in [1.29, 1.82) is 0 Å². The fourth-order valence-electron chi connectivity index (χ4n) is 2.30. The van der Waals surface area contributed by atoms with Crippen LogP contribution in [0.4, 0.5) is 0 Å². The first kappa shape index (κ1) is 16.8. The number of hydrogen-bond acceptors (Lipinski definition) is 5. The lowest BCUT2D eigenvalue weighted by Crippen LogP contribution is -1.99. The first-order valence-corrected chi connectivity index (χ1v) is 8.94. The van der Waals surface area contributed by atoms with Crippen LogP contribution in [0, 0.1) is 13.8 Å². The number of benzene rings is 1. The van der Waals surface area contributed by atoms with Crippen LogP contribution in [0.3, 0.4) is 0 Å². The predicted molar refractivity (Wildman–Crippen MR) is 95.7 cm³/mol. The van der Waals surface area contributed by atoms with Gasteiger partial charge in [-0.1, -0.05) is 36.8 Å². The van der Waals surface area contributed by atoms with Crippen LogP contribution in [-0.2, 0) is 0 Å². The largest absolute Gasteiger partial charge is 0.338 e. The lowest BCUT2D eigenvalue weighted by atomic mass is 10.1. The highest BCUT2D eigenvalue weighted by Gasteiger charge is 2.19. The van der Waals surface area contributed by atoms with Crippen LogP contribution in [0.1, 0.15) is 54.8 Å². The Morgan fingerprint density at radius 2 is 1.92 bits per heavy atom. The second kappa shape index (κ2) is 6.81. The molecular formula is C18H22N4OS. The topological polar surface area (TPSA) is 56.7 Å². The van der Waals surface area contributed by atoms with Gasteiger partial charge in [0.15, 0.2) is 11.0 Å². The van der Waals surface area contributed by atoms with Crippen LogP contribution < -0.4 is 0 Å². The maximum Gasteiger partial charge on any atom is 0.239 e. The smallest absolute Gasteiger partial charge is 0.239 e. The highest BCUT2D eigenvalue weighted by atomic mass is 32.2. The first-order valence-electron chi connectivity index (χ1n) is 8.07. The van der Waals surface area contributed by atoms with Gasteiger partial charge >= 0.3 is 0 Å². The molecule has 0 aliphatic carbocycles. The Kier molecular flexibility index (Phi) is 4.76. The third kappa shape index (κ3) is 3.38. The minimum atomic E-state index is 0.0395. The molecule has 2 heterocycles. The van der Waals surface area contributed by atoms with Crippen molar-refractivity contribution in [3.8, 4) is 5.69 Å². The summed E-state index contributed by atoms with van der Waals surface area (Å²) in [6.45, 7) is 10.4. The fourth-order valence-corrected chi connectivity index (χ4v) is 3.22. The number of rotatable bonds is 5. The summed E-state index contributed by atoms with van der Waals surface area (Å²) in [6.07, 6.45) is 3.80. The number of hydrogen-bond donors (Lipinski definition) is 0. The number of aromatic nitrogens is 4. The summed E-state index contributed by atoms with van der Waals surface area (Å²) in [6, 6.07) is 6.42. The van der Waals surface area contributed by atoms with Crippen LogP contribution in [-0.4, -0.2) is 19.7 Å². The number of thioether (sulfide) groups is 1. The van der Waals surface area contributed by atoms with Crippen LogP contribution >= 0.6 is 11.8 Å². The standard InChI is InChI=1S/C18H22N4OS/c1-11(2)16-20-17(23-21-16)14(5)24-18-19-8-9-22(18)15-7-6-12(3)13(4)10-15/h6-11,14H,1-5H3. The summed E-state index contributed by atoms with van der Waals surface area (Å²) in [5.74, 6) is 1.64. The Morgan fingerprint density at radius 1 is 1.12 bits per heavy atom. The van der Waals surface area contributed by atoms with Gasteiger partial charge in [-0.15, -0.1) is 0 Å². The van der Waals surface area contributed by atoms with E-state index in [9.17, 15) is 0 Å². The monoisotopic (exact) mass is 342 g/mol. The molecule has 0 aliphatic rings. The second-order valence-electron chi connectivity index (χ2n) is 6.25. The van der Waals surface area contributed by atoms with Crippen molar-refractivity contribution in [3.05, 3.63) is 53.4 Å². The molecule has 3 rings (SSSR count). The predicted octanol–water partition coefficient (Wildman–Crippen LogP) is 4.85.